The highest BCUT2D eigenvalue weighted by Gasteiger charge is 2.51. The van der Waals surface area contributed by atoms with Crippen molar-refractivity contribution in [2.75, 3.05) is 26.7 Å². The van der Waals surface area contributed by atoms with Crippen molar-refractivity contribution in [3.63, 3.8) is 0 Å². The van der Waals surface area contributed by atoms with Crippen molar-refractivity contribution in [3.05, 3.63) is 71.8 Å². The number of hydrogen-bond donors (Lipinski definition) is 0. The van der Waals surface area contributed by atoms with Crippen molar-refractivity contribution in [2.45, 2.75) is 31.7 Å². The van der Waals surface area contributed by atoms with Gasteiger partial charge >= 0.3 is 0 Å². The monoisotopic (exact) mass is 359 g/mol. The van der Waals surface area contributed by atoms with E-state index in [1.54, 1.807) is 11.3 Å². The van der Waals surface area contributed by atoms with Crippen molar-refractivity contribution < 1.29 is 4.58 Å². The fraction of sp³-hybridized carbons (Fsp3) is 0.480. The van der Waals surface area contributed by atoms with Crippen LogP contribution < -0.4 is 0 Å². The van der Waals surface area contributed by atoms with E-state index < -0.39 is 0 Å². The molecule has 1 saturated carbocycles. The molecule has 0 spiro atoms. The minimum atomic E-state index is 0.684. The molecule has 2 fully saturated rings. The van der Waals surface area contributed by atoms with Gasteiger partial charge in [0.2, 0.25) is 0 Å². The molecule has 0 amide bonds. The van der Waals surface area contributed by atoms with Gasteiger partial charge in [-0.25, -0.2) is 4.58 Å². The Morgan fingerprint density at radius 2 is 1.56 bits per heavy atom. The highest BCUT2D eigenvalue weighted by Crippen LogP contribution is 2.49. The molecule has 4 atom stereocenters. The standard InChI is InChI=1S/C25H31N2/c1-26-14-8-13-21-23-17-27(16-19-9-4-2-5-10-19)18-24(23)22(15-25(21)26)20-11-6-3-7-12-20/h2-7,9-12,21-24H,8,13-18H2,1H3/q+1. The summed E-state index contributed by atoms with van der Waals surface area (Å²) in [5.41, 5.74) is 4.76. The molecule has 0 radical (unpaired) electrons. The Balaban J connectivity index is 1.46. The van der Waals surface area contributed by atoms with Crippen molar-refractivity contribution in [1.29, 1.82) is 0 Å². The second kappa shape index (κ2) is 7.24. The average Bonchev–Trinajstić information content (AvgIpc) is 3.13. The van der Waals surface area contributed by atoms with E-state index in [1.807, 2.05) is 0 Å². The van der Waals surface area contributed by atoms with Gasteiger partial charge in [-0.1, -0.05) is 60.7 Å². The number of likely N-dealkylation sites (tertiary alicyclic amines) is 1. The molecular formula is C25H31N2+. The van der Waals surface area contributed by atoms with Crippen molar-refractivity contribution in [2.24, 2.45) is 17.8 Å². The predicted octanol–water partition coefficient (Wildman–Crippen LogP) is 4.42. The van der Waals surface area contributed by atoms with Crippen LogP contribution in [0.5, 0.6) is 0 Å². The molecule has 4 unspecified atom stereocenters. The second-order valence-corrected chi connectivity index (χ2v) is 8.89. The van der Waals surface area contributed by atoms with Crippen LogP contribution in [0, 0.1) is 17.8 Å². The molecule has 2 aliphatic heterocycles. The topological polar surface area (TPSA) is 6.25 Å². The van der Waals surface area contributed by atoms with E-state index in [-0.39, 0.29) is 0 Å². The van der Waals surface area contributed by atoms with Gasteiger partial charge in [0.05, 0.1) is 0 Å². The molecule has 1 saturated heterocycles. The lowest BCUT2D eigenvalue weighted by atomic mass is 9.63. The number of hydrogen-bond acceptors (Lipinski definition) is 1. The number of nitrogens with zero attached hydrogens (tertiary/aromatic N) is 2. The van der Waals surface area contributed by atoms with Gasteiger partial charge in [-0.05, 0) is 35.3 Å². The average molecular weight is 360 g/mol. The quantitative estimate of drug-likeness (QED) is 0.736. The molecule has 140 valence electrons. The van der Waals surface area contributed by atoms with Crippen LogP contribution in [0.3, 0.4) is 0 Å². The molecule has 0 N–H and O–H groups in total. The molecule has 5 rings (SSSR count). The van der Waals surface area contributed by atoms with E-state index in [2.05, 4.69) is 77.2 Å². The van der Waals surface area contributed by atoms with Crippen LogP contribution in [0.25, 0.3) is 0 Å². The first-order valence-electron chi connectivity index (χ1n) is 10.7. The largest absolute Gasteiger partial charge is 0.298 e. The maximum absolute atomic E-state index is 2.73. The van der Waals surface area contributed by atoms with Crippen LogP contribution in [0.15, 0.2) is 60.7 Å². The van der Waals surface area contributed by atoms with Gasteiger partial charge in [-0.15, -0.1) is 0 Å². The molecule has 27 heavy (non-hydrogen) atoms. The zero-order chi connectivity index (χ0) is 18.2. The minimum absolute atomic E-state index is 0.684. The van der Waals surface area contributed by atoms with Crippen LogP contribution in [0.4, 0.5) is 0 Å². The Bertz CT molecular complexity index is 811. The molecule has 1 aliphatic carbocycles. The highest BCUT2D eigenvalue weighted by molar-refractivity contribution is 5.85. The summed E-state index contributed by atoms with van der Waals surface area (Å²) < 4.78 is 2.60. The van der Waals surface area contributed by atoms with Crippen LogP contribution in [-0.2, 0) is 6.54 Å². The van der Waals surface area contributed by atoms with Crippen molar-refractivity contribution in [1.82, 2.24) is 4.90 Å². The normalized spacial score (nSPS) is 30.9. The van der Waals surface area contributed by atoms with E-state index in [1.165, 1.54) is 44.5 Å². The Kier molecular flexibility index (Phi) is 4.61. The Hall–Kier alpha value is -1.93. The molecule has 3 aliphatic rings. The van der Waals surface area contributed by atoms with E-state index >= 15 is 0 Å². The number of benzene rings is 2. The summed E-state index contributed by atoms with van der Waals surface area (Å²) in [4.78, 5) is 2.73. The lowest BCUT2D eigenvalue weighted by Crippen LogP contribution is -2.45. The third-order valence-corrected chi connectivity index (χ3v) is 7.35. The predicted molar refractivity (Wildman–Crippen MR) is 111 cm³/mol. The Morgan fingerprint density at radius 3 is 2.30 bits per heavy atom. The fourth-order valence-corrected chi connectivity index (χ4v) is 6.12. The van der Waals surface area contributed by atoms with Crippen LogP contribution >= 0.6 is 0 Å². The first-order valence-corrected chi connectivity index (χ1v) is 10.7. The summed E-state index contributed by atoms with van der Waals surface area (Å²) in [5, 5.41) is 0. The molecule has 0 bridgehead atoms. The van der Waals surface area contributed by atoms with Gasteiger partial charge in [0, 0.05) is 38.4 Å². The fourth-order valence-electron chi connectivity index (χ4n) is 6.12. The van der Waals surface area contributed by atoms with Crippen LogP contribution in [0.2, 0.25) is 0 Å². The van der Waals surface area contributed by atoms with Crippen LogP contribution in [-0.4, -0.2) is 41.9 Å². The molecule has 2 aromatic carbocycles. The Morgan fingerprint density at radius 1 is 0.889 bits per heavy atom. The Labute approximate surface area is 163 Å². The summed E-state index contributed by atoms with van der Waals surface area (Å²) in [6.07, 6.45) is 4.04. The van der Waals surface area contributed by atoms with Crippen molar-refractivity contribution >= 4 is 5.71 Å². The number of rotatable bonds is 3. The van der Waals surface area contributed by atoms with E-state index in [9.17, 15) is 0 Å². The van der Waals surface area contributed by atoms with E-state index in [0.29, 0.717) is 5.92 Å². The molecular weight excluding hydrogens is 328 g/mol. The van der Waals surface area contributed by atoms with Gasteiger partial charge in [0.25, 0.3) is 0 Å². The molecule has 2 aromatic rings. The highest BCUT2D eigenvalue weighted by atomic mass is 15.2. The SMILES string of the molecule is C[N+]1=C2CC(c3ccccc3)C3CN(Cc4ccccc4)CC3C2CCC1. The first-order chi connectivity index (χ1) is 13.3. The third kappa shape index (κ3) is 3.25. The minimum Gasteiger partial charge on any atom is -0.298 e. The summed E-state index contributed by atoms with van der Waals surface area (Å²) in [5.74, 6) is 3.13. The maximum Gasteiger partial charge on any atom is 0.156 e. The second-order valence-electron chi connectivity index (χ2n) is 8.89. The van der Waals surface area contributed by atoms with E-state index in [4.69, 9.17) is 0 Å². The maximum atomic E-state index is 2.73. The summed E-state index contributed by atoms with van der Waals surface area (Å²) >= 11 is 0. The zero-order valence-corrected chi connectivity index (χ0v) is 16.4. The molecule has 2 heterocycles. The molecule has 0 aromatic heterocycles. The third-order valence-electron chi connectivity index (χ3n) is 7.35. The lowest BCUT2D eigenvalue weighted by Gasteiger charge is -2.40. The molecule has 2 heteroatoms. The van der Waals surface area contributed by atoms with E-state index in [0.717, 1.165) is 24.3 Å². The summed E-state index contributed by atoms with van der Waals surface area (Å²) in [7, 11) is 2.33. The number of fused-ring (bicyclic) bond motifs is 3. The summed E-state index contributed by atoms with van der Waals surface area (Å²) in [6, 6.07) is 22.4. The van der Waals surface area contributed by atoms with Gasteiger partial charge in [-0.2, -0.15) is 0 Å². The van der Waals surface area contributed by atoms with Crippen molar-refractivity contribution in [3.8, 4) is 0 Å². The van der Waals surface area contributed by atoms with Crippen LogP contribution in [0.1, 0.15) is 36.3 Å². The van der Waals surface area contributed by atoms with Gasteiger partial charge < -0.3 is 0 Å². The molecule has 2 nitrogen and oxygen atoms in total. The van der Waals surface area contributed by atoms with Gasteiger partial charge in [-0.3, -0.25) is 4.90 Å². The van der Waals surface area contributed by atoms with Gasteiger partial charge in [0.1, 0.15) is 13.6 Å². The van der Waals surface area contributed by atoms with Gasteiger partial charge in [0.15, 0.2) is 5.71 Å². The lowest BCUT2D eigenvalue weighted by molar-refractivity contribution is -0.507. The first kappa shape index (κ1) is 17.2. The summed E-state index contributed by atoms with van der Waals surface area (Å²) in [6.45, 7) is 4.88. The zero-order valence-electron chi connectivity index (χ0n) is 16.4. The smallest absolute Gasteiger partial charge is 0.156 e.